The van der Waals surface area contributed by atoms with E-state index in [2.05, 4.69) is 20.5 Å². The van der Waals surface area contributed by atoms with Gasteiger partial charge in [-0.15, -0.1) is 10.2 Å². The SMILES string of the molecule is OC[C@@H]1CCCCC[C@H]1Nc1nnc(-c2ccccn2)s1. The molecule has 3 rings (SSSR count). The van der Waals surface area contributed by atoms with Crippen LogP contribution in [0.1, 0.15) is 32.1 Å². The summed E-state index contributed by atoms with van der Waals surface area (Å²) in [5.74, 6) is 0.315. The maximum Gasteiger partial charge on any atom is 0.206 e. The van der Waals surface area contributed by atoms with Crippen molar-refractivity contribution in [2.75, 3.05) is 11.9 Å². The van der Waals surface area contributed by atoms with Crippen LogP contribution in [0.15, 0.2) is 24.4 Å². The van der Waals surface area contributed by atoms with E-state index in [0.717, 1.165) is 28.7 Å². The molecule has 1 fully saturated rings. The molecule has 1 aliphatic rings. The number of hydrogen-bond donors (Lipinski definition) is 2. The minimum Gasteiger partial charge on any atom is -0.396 e. The second kappa shape index (κ2) is 6.95. The van der Waals surface area contributed by atoms with Gasteiger partial charge in [0.1, 0.15) is 5.69 Å². The predicted molar refractivity (Wildman–Crippen MR) is 84.2 cm³/mol. The molecule has 21 heavy (non-hydrogen) atoms. The smallest absolute Gasteiger partial charge is 0.206 e. The Kier molecular flexibility index (Phi) is 4.77. The summed E-state index contributed by atoms with van der Waals surface area (Å²) in [6.45, 7) is 0.240. The minimum atomic E-state index is 0.240. The lowest BCUT2D eigenvalue weighted by molar-refractivity contribution is 0.203. The molecule has 0 radical (unpaired) electrons. The molecule has 0 aromatic carbocycles. The first-order chi connectivity index (χ1) is 10.4. The van der Waals surface area contributed by atoms with Crippen molar-refractivity contribution >= 4 is 16.5 Å². The third-order valence-electron chi connectivity index (χ3n) is 4.01. The lowest BCUT2D eigenvalue weighted by Gasteiger charge is -2.23. The van der Waals surface area contributed by atoms with Crippen molar-refractivity contribution in [1.82, 2.24) is 15.2 Å². The van der Waals surface area contributed by atoms with Crippen LogP contribution in [0.3, 0.4) is 0 Å². The average Bonchev–Trinajstić information content (AvgIpc) is 2.88. The van der Waals surface area contributed by atoms with Gasteiger partial charge in [-0.25, -0.2) is 0 Å². The van der Waals surface area contributed by atoms with Crippen LogP contribution in [0.4, 0.5) is 5.13 Å². The van der Waals surface area contributed by atoms with E-state index in [9.17, 15) is 5.11 Å². The van der Waals surface area contributed by atoms with Gasteiger partial charge < -0.3 is 10.4 Å². The number of nitrogens with one attached hydrogen (secondary N) is 1. The monoisotopic (exact) mass is 304 g/mol. The summed E-state index contributed by atoms with van der Waals surface area (Å²) in [4.78, 5) is 4.30. The first-order valence-corrected chi connectivity index (χ1v) is 8.31. The van der Waals surface area contributed by atoms with E-state index in [4.69, 9.17) is 0 Å². The van der Waals surface area contributed by atoms with Crippen molar-refractivity contribution in [2.24, 2.45) is 5.92 Å². The number of anilines is 1. The topological polar surface area (TPSA) is 70.9 Å². The van der Waals surface area contributed by atoms with E-state index in [1.54, 1.807) is 6.20 Å². The maximum absolute atomic E-state index is 9.57. The fourth-order valence-electron chi connectivity index (χ4n) is 2.83. The Morgan fingerprint density at radius 3 is 2.90 bits per heavy atom. The van der Waals surface area contributed by atoms with Crippen LogP contribution >= 0.6 is 11.3 Å². The van der Waals surface area contributed by atoms with Gasteiger partial charge in [0.25, 0.3) is 0 Å². The number of pyridine rings is 1. The number of rotatable bonds is 4. The van der Waals surface area contributed by atoms with Gasteiger partial charge in [0, 0.05) is 24.8 Å². The third-order valence-corrected chi connectivity index (χ3v) is 4.89. The van der Waals surface area contributed by atoms with Crippen molar-refractivity contribution in [3.63, 3.8) is 0 Å². The molecule has 2 N–H and O–H groups in total. The predicted octanol–water partition coefficient (Wildman–Crippen LogP) is 2.95. The molecule has 0 spiro atoms. The Balaban J connectivity index is 1.71. The third kappa shape index (κ3) is 3.57. The molecule has 2 heterocycles. The van der Waals surface area contributed by atoms with E-state index in [1.807, 2.05) is 18.2 Å². The van der Waals surface area contributed by atoms with Crippen molar-refractivity contribution < 1.29 is 5.11 Å². The second-order valence-electron chi connectivity index (χ2n) is 5.46. The highest BCUT2D eigenvalue weighted by Gasteiger charge is 2.24. The van der Waals surface area contributed by atoms with Crippen LogP contribution in [-0.4, -0.2) is 32.9 Å². The zero-order chi connectivity index (χ0) is 14.5. The summed E-state index contributed by atoms with van der Waals surface area (Å²) in [5, 5.41) is 23.1. The fraction of sp³-hybridized carbons (Fsp3) is 0.533. The minimum absolute atomic E-state index is 0.240. The molecule has 0 unspecified atom stereocenters. The Labute approximate surface area is 128 Å². The maximum atomic E-state index is 9.57. The molecule has 6 heteroatoms. The molecule has 1 saturated carbocycles. The largest absolute Gasteiger partial charge is 0.396 e. The number of aliphatic hydroxyl groups is 1. The second-order valence-corrected chi connectivity index (χ2v) is 6.44. The number of aromatic nitrogens is 3. The molecule has 112 valence electrons. The van der Waals surface area contributed by atoms with Crippen LogP contribution in [0, 0.1) is 5.92 Å². The van der Waals surface area contributed by atoms with Crippen molar-refractivity contribution in [2.45, 2.75) is 38.1 Å². The molecular weight excluding hydrogens is 284 g/mol. The Morgan fingerprint density at radius 1 is 1.19 bits per heavy atom. The van der Waals surface area contributed by atoms with Crippen LogP contribution in [0.25, 0.3) is 10.7 Å². The van der Waals surface area contributed by atoms with Crippen LogP contribution < -0.4 is 5.32 Å². The fourth-order valence-corrected chi connectivity index (χ4v) is 3.61. The Bertz CT molecular complexity index is 560. The van der Waals surface area contributed by atoms with Crippen molar-refractivity contribution in [3.8, 4) is 10.7 Å². The molecule has 2 aromatic rings. The van der Waals surface area contributed by atoms with E-state index < -0.39 is 0 Å². The zero-order valence-corrected chi connectivity index (χ0v) is 12.7. The van der Waals surface area contributed by atoms with Crippen LogP contribution in [-0.2, 0) is 0 Å². The molecule has 0 aliphatic heterocycles. The van der Waals surface area contributed by atoms with Gasteiger partial charge in [0.05, 0.1) is 0 Å². The molecule has 0 bridgehead atoms. The number of nitrogens with zero attached hydrogens (tertiary/aromatic N) is 3. The Morgan fingerprint density at radius 2 is 2.10 bits per heavy atom. The normalized spacial score (nSPS) is 22.7. The van der Waals surface area contributed by atoms with E-state index in [0.29, 0.717) is 12.0 Å². The summed E-state index contributed by atoms with van der Waals surface area (Å²) < 4.78 is 0. The van der Waals surface area contributed by atoms with Gasteiger partial charge in [0.15, 0.2) is 5.01 Å². The summed E-state index contributed by atoms with van der Waals surface area (Å²) in [6.07, 6.45) is 7.60. The first-order valence-electron chi connectivity index (χ1n) is 7.49. The first kappa shape index (κ1) is 14.4. The van der Waals surface area contributed by atoms with Gasteiger partial charge >= 0.3 is 0 Å². The van der Waals surface area contributed by atoms with Gasteiger partial charge in [0.2, 0.25) is 5.13 Å². The van der Waals surface area contributed by atoms with Gasteiger partial charge in [-0.3, -0.25) is 4.98 Å². The molecule has 2 aromatic heterocycles. The van der Waals surface area contributed by atoms with E-state index >= 15 is 0 Å². The summed E-state index contributed by atoms with van der Waals surface area (Å²) in [5.41, 5.74) is 0.850. The highest BCUT2D eigenvalue weighted by Crippen LogP contribution is 2.29. The lowest BCUT2D eigenvalue weighted by atomic mass is 9.96. The average molecular weight is 304 g/mol. The molecule has 1 aliphatic carbocycles. The van der Waals surface area contributed by atoms with E-state index in [-0.39, 0.29) is 6.61 Å². The van der Waals surface area contributed by atoms with E-state index in [1.165, 1.54) is 30.6 Å². The summed E-state index contributed by atoms with van der Waals surface area (Å²) in [6, 6.07) is 6.07. The summed E-state index contributed by atoms with van der Waals surface area (Å²) >= 11 is 1.52. The van der Waals surface area contributed by atoms with Gasteiger partial charge in [-0.2, -0.15) is 0 Å². The zero-order valence-electron chi connectivity index (χ0n) is 11.9. The van der Waals surface area contributed by atoms with Crippen LogP contribution in [0.5, 0.6) is 0 Å². The summed E-state index contributed by atoms with van der Waals surface area (Å²) in [7, 11) is 0. The number of aliphatic hydroxyl groups excluding tert-OH is 1. The molecule has 0 saturated heterocycles. The molecule has 2 atom stereocenters. The molecule has 0 amide bonds. The molecule has 5 nitrogen and oxygen atoms in total. The Hall–Kier alpha value is -1.53. The number of hydrogen-bond acceptors (Lipinski definition) is 6. The van der Waals surface area contributed by atoms with Gasteiger partial charge in [-0.1, -0.05) is 36.7 Å². The van der Waals surface area contributed by atoms with Crippen molar-refractivity contribution in [3.05, 3.63) is 24.4 Å². The molecular formula is C15H20N4OS. The highest BCUT2D eigenvalue weighted by molar-refractivity contribution is 7.18. The van der Waals surface area contributed by atoms with Gasteiger partial charge in [-0.05, 0) is 25.0 Å². The highest BCUT2D eigenvalue weighted by atomic mass is 32.1. The lowest BCUT2D eigenvalue weighted by Crippen LogP contribution is -2.30. The standard InChI is InChI=1S/C15H20N4OS/c20-10-11-6-2-1-3-7-12(11)17-15-19-18-14(21-15)13-8-4-5-9-16-13/h4-5,8-9,11-12,20H,1-3,6-7,10H2,(H,17,19)/t11-,12+/m0/s1. The van der Waals surface area contributed by atoms with Crippen molar-refractivity contribution in [1.29, 1.82) is 0 Å². The van der Waals surface area contributed by atoms with Crippen LogP contribution in [0.2, 0.25) is 0 Å². The quantitative estimate of drug-likeness (QED) is 0.850.